The minimum absolute atomic E-state index is 0.0163. The molecule has 4 rings (SSSR count). The zero-order valence-electron chi connectivity index (χ0n) is 13.6. The standard InChI is InChI=1S/C16H23N5O3/c22-15(20-1-3-24-4-2-20)10-21-9-14(8-17-21)19-16(23)18-13-6-11-5-12(11)7-13/h8-9,11-13H,1-7,10H2,(H2,18,19,23). The molecule has 3 fully saturated rings. The van der Waals surface area contributed by atoms with Crippen LogP contribution in [0, 0.1) is 11.8 Å². The van der Waals surface area contributed by atoms with E-state index in [4.69, 9.17) is 4.74 Å². The van der Waals surface area contributed by atoms with E-state index in [1.165, 1.54) is 6.42 Å². The molecule has 2 atom stereocenters. The third kappa shape index (κ3) is 3.53. The van der Waals surface area contributed by atoms with E-state index in [0.29, 0.717) is 38.0 Å². The summed E-state index contributed by atoms with van der Waals surface area (Å²) in [4.78, 5) is 26.0. The molecule has 2 heterocycles. The summed E-state index contributed by atoms with van der Waals surface area (Å²) in [6.07, 6.45) is 6.79. The summed E-state index contributed by atoms with van der Waals surface area (Å²) in [6.45, 7) is 2.59. The van der Waals surface area contributed by atoms with E-state index < -0.39 is 0 Å². The number of urea groups is 1. The molecule has 2 N–H and O–H groups in total. The third-order valence-corrected chi connectivity index (χ3v) is 5.13. The van der Waals surface area contributed by atoms with Crippen LogP contribution < -0.4 is 10.6 Å². The molecule has 2 saturated carbocycles. The van der Waals surface area contributed by atoms with Gasteiger partial charge in [0.1, 0.15) is 6.54 Å². The minimum atomic E-state index is -0.194. The maximum Gasteiger partial charge on any atom is 0.319 e. The van der Waals surface area contributed by atoms with Gasteiger partial charge in [0.25, 0.3) is 0 Å². The molecule has 0 radical (unpaired) electrons. The smallest absolute Gasteiger partial charge is 0.319 e. The van der Waals surface area contributed by atoms with Crippen molar-refractivity contribution < 1.29 is 14.3 Å². The molecule has 8 nitrogen and oxygen atoms in total. The van der Waals surface area contributed by atoms with Crippen LogP contribution in [-0.4, -0.2) is 59.0 Å². The number of amides is 3. The molecule has 0 aromatic carbocycles. The van der Waals surface area contributed by atoms with E-state index >= 15 is 0 Å². The molecule has 1 aliphatic heterocycles. The van der Waals surface area contributed by atoms with Crippen molar-refractivity contribution in [3.63, 3.8) is 0 Å². The van der Waals surface area contributed by atoms with Gasteiger partial charge in [0.05, 0.1) is 25.1 Å². The van der Waals surface area contributed by atoms with E-state index in [1.54, 1.807) is 22.0 Å². The first-order valence-electron chi connectivity index (χ1n) is 8.63. The van der Waals surface area contributed by atoms with Crippen molar-refractivity contribution in [2.24, 2.45) is 11.8 Å². The Labute approximate surface area is 140 Å². The highest BCUT2D eigenvalue weighted by molar-refractivity contribution is 5.89. The molecule has 3 aliphatic rings. The van der Waals surface area contributed by atoms with E-state index in [0.717, 1.165) is 24.7 Å². The van der Waals surface area contributed by atoms with Gasteiger partial charge in [-0.3, -0.25) is 9.48 Å². The highest BCUT2D eigenvalue weighted by atomic mass is 16.5. The minimum Gasteiger partial charge on any atom is -0.378 e. The number of anilines is 1. The number of nitrogens with zero attached hydrogens (tertiary/aromatic N) is 3. The predicted octanol–water partition coefficient (Wildman–Crippen LogP) is 0.662. The van der Waals surface area contributed by atoms with Gasteiger partial charge in [-0.25, -0.2) is 4.79 Å². The Morgan fingerprint density at radius 3 is 2.71 bits per heavy atom. The monoisotopic (exact) mass is 333 g/mol. The van der Waals surface area contributed by atoms with Crippen LogP contribution >= 0.6 is 0 Å². The number of nitrogens with one attached hydrogen (secondary N) is 2. The molecule has 1 aromatic rings. The van der Waals surface area contributed by atoms with Crippen LogP contribution in [0.4, 0.5) is 10.5 Å². The number of hydrogen-bond donors (Lipinski definition) is 2. The largest absolute Gasteiger partial charge is 0.378 e. The van der Waals surface area contributed by atoms with Crippen LogP contribution in [0.25, 0.3) is 0 Å². The van der Waals surface area contributed by atoms with Crippen molar-refractivity contribution in [1.29, 1.82) is 0 Å². The first kappa shape index (κ1) is 15.4. The summed E-state index contributed by atoms with van der Waals surface area (Å²) >= 11 is 0. The number of ether oxygens (including phenoxy) is 1. The van der Waals surface area contributed by atoms with E-state index in [2.05, 4.69) is 15.7 Å². The Morgan fingerprint density at radius 1 is 1.21 bits per heavy atom. The van der Waals surface area contributed by atoms with Crippen molar-refractivity contribution >= 4 is 17.6 Å². The zero-order valence-corrected chi connectivity index (χ0v) is 13.6. The number of morpholine rings is 1. The van der Waals surface area contributed by atoms with Gasteiger partial charge < -0.3 is 20.3 Å². The van der Waals surface area contributed by atoms with Gasteiger partial charge in [-0.1, -0.05) is 0 Å². The molecule has 3 amide bonds. The summed E-state index contributed by atoms with van der Waals surface area (Å²) in [5.74, 6) is 1.69. The molecule has 0 spiro atoms. The van der Waals surface area contributed by atoms with E-state index in [9.17, 15) is 9.59 Å². The SMILES string of the molecule is O=C(Nc1cnn(CC(=O)N2CCOCC2)c1)NC1CC2CC2C1. The Kier molecular flexibility index (Phi) is 4.13. The van der Waals surface area contributed by atoms with Gasteiger partial charge in [-0.15, -0.1) is 0 Å². The lowest BCUT2D eigenvalue weighted by molar-refractivity contribution is -0.136. The average molecular weight is 333 g/mol. The summed E-state index contributed by atoms with van der Waals surface area (Å²) < 4.78 is 6.79. The molecular weight excluding hydrogens is 310 g/mol. The molecule has 8 heteroatoms. The lowest BCUT2D eigenvalue weighted by Crippen LogP contribution is -2.42. The van der Waals surface area contributed by atoms with Crippen molar-refractivity contribution in [2.45, 2.75) is 31.8 Å². The molecule has 2 unspecified atom stereocenters. The number of carbonyl (C=O) groups is 2. The average Bonchev–Trinajstić information content (AvgIpc) is 2.97. The van der Waals surface area contributed by atoms with Crippen LogP contribution in [0.3, 0.4) is 0 Å². The normalized spacial score (nSPS) is 28.3. The predicted molar refractivity (Wildman–Crippen MR) is 86.4 cm³/mol. The second-order valence-electron chi connectivity index (χ2n) is 6.94. The number of fused-ring (bicyclic) bond motifs is 1. The summed E-state index contributed by atoms with van der Waals surface area (Å²) in [7, 11) is 0. The summed E-state index contributed by atoms with van der Waals surface area (Å²) in [5, 5.41) is 9.96. The third-order valence-electron chi connectivity index (χ3n) is 5.13. The Hall–Kier alpha value is -2.09. The number of hydrogen-bond acceptors (Lipinski definition) is 4. The van der Waals surface area contributed by atoms with Gasteiger partial charge in [-0.2, -0.15) is 5.10 Å². The topological polar surface area (TPSA) is 88.5 Å². The Bertz CT molecular complexity index is 615. The first-order chi connectivity index (χ1) is 11.7. The van der Waals surface area contributed by atoms with Gasteiger partial charge in [-0.05, 0) is 31.1 Å². The lowest BCUT2D eigenvalue weighted by atomic mass is 10.2. The molecule has 2 aliphatic carbocycles. The number of aromatic nitrogens is 2. The molecular formula is C16H23N5O3. The maximum absolute atomic E-state index is 12.2. The van der Waals surface area contributed by atoms with Crippen LogP contribution in [0.5, 0.6) is 0 Å². The number of carbonyl (C=O) groups excluding carboxylic acids is 2. The van der Waals surface area contributed by atoms with Gasteiger partial charge in [0.2, 0.25) is 5.91 Å². The fourth-order valence-corrected chi connectivity index (χ4v) is 3.75. The molecule has 24 heavy (non-hydrogen) atoms. The Morgan fingerprint density at radius 2 is 1.96 bits per heavy atom. The quantitative estimate of drug-likeness (QED) is 0.847. The van der Waals surface area contributed by atoms with Crippen LogP contribution in [0.2, 0.25) is 0 Å². The van der Waals surface area contributed by atoms with Crippen LogP contribution in [-0.2, 0) is 16.1 Å². The van der Waals surface area contributed by atoms with Crippen molar-refractivity contribution in [1.82, 2.24) is 20.0 Å². The van der Waals surface area contributed by atoms with E-state index in [-0.39, 0.29) is 18.5 Å². The van der Waals surface area contributed by atoms with Gasteiger partial charge in [0.15, 0.2) is 0 Å². The fourth-order valence-electron chi connectivity index (χ4n) is 3.75. The highest BCUT2D eigenvalue weighted by Gasteiger charge is 2.46. The van der Waals surface area contributed by atoms with Crippen molar-refractivity contribution in [3.05, 3.63) is 12.4 Å². The first-order valence-corrected chi connectivity index (χ1v) is 8.63. The van der Waals surface area contributed by atoms with Crippen molar-refractivity contribution in [3.8, 4) is 0 Å². The van der Waals surface area contributed by atoms with Crippen LogP contribution in [0.1, 0.15) is 19.3 Å². The second-order valence-corrected chi connectivity index (χ2v) is 6.94. The van der Waals surface area contributed by atoms with E-state index in [1.807, 2.05) is 0 Å². The fraction of sp³-hybridized carbons (Fsp3) is 0.688. The zero-order chi connectivity index (χ0) is 16.5. The molecule has 130 valence electrons. The van der Waals surface area contributed by atoms with Crippen LogP contribution in [0.15, 0.2) is 12.4 Å². The van der Waals surface area contributed by atoms with Gasteiger partial charge >= 0.3 is 6.03 Å². The lowest BCUT2D eigenvalue weighted by Gasteiger charge is -2.26. The Balaban J connectivity index is 1.25. The maximum atomic E-state index is 12.2. The number of rotatable bonds is 4. The molecule has 1 aromatic heterocycles. The van der Waals surface area contributed by atoms with Gasteiger partial charge in [0, 0.05) is 25.3 Å². The molecule has 0 bridgehead atoms. The molecule has 1 saturated heterocycles. The van der Waals surface area contributed by atoms with Crippen molar-refractivity contribution in [2.75, 3.05) is 31.6 Å². The summed E-state index contributed by atoms with van der Waals surface area (Å²) in [6, 6.07) is 0.104. The second kappa shape index (κ2) is 6.43. The summed E-state index contributed by atoms with van der Waals surface area (Å²) in [5.41, 5.74) is 0.602. The highest BCUT2D eigenvalue weighted by Crippen LogP contribution is 2.51.